The Labute approximate surface area is 203 Å². The van der Waals surface area contributed by atoms with E-state index in [1.165, 1.54) is 5.56 Å². The van der Waals surface area contributed by atoms with Crippen molar-refractivity contribution in [2.75, 3.05) is 0 Å². The summed E-state index contributed by atoms with van der Waals surface area (Å²) < 4.78 is 0. The number of carbonyl (C=O) groups excluding carboxylic acids is 2. The fourth-order valence-electron chi connectivity index (χ4n) is 4.79. The monoisotopic (exact) mass is 471 g/mol. The van der Waals surface area contributed by atoms with Crippen LogP contribution in [-0.4, -0.2) is 22.8 Å². The average molecular weight is 472 g/mol. The molecule has 2 amide bonds. The molecule has 2 atom stereocenters. The standard InChI is InChI=1S/C28H26ClN3O2/c29-23-13-5-3-12-22(23)27(33)32-26(16-19-17-30-24-14-6-4-11-21(19)24)28(34)31-25-15-7-9-18-8-1-2-10-20(18)25/h1-6,8,10-14,17,25-26,30H,7,9,15-16H2,(H,31,34)(H,32,33)/t25-,26-/m0/s1. The molecule has 3 N–H and O–H groups in total. The molecule has 1 aromatic heterocycles. The molecule has 1 aliphatic carbocycles. The predicted octanol–water partition coefficient (Wildman–Crippen LogP) is 5.36. The number of aromatic amines is 1. The van der Waals surface area contributed by atoms with E-state index in [-0.39, 0.29) is 17.9 Å². The van der Waals surface area contributed by atoms with Crippen molar-refractivity contribution in [1.29, 1.82) is 0 Å². The second-order valence-corrected chi connectivity index (χ2v) is 9.13. The van der Waals surface area contributed by atoms with Gasteiger partial charge < -0.3 is 15.6 Å². The van der Waals surface area contributed by atoms with Crippen LogP contribution in [-0.2, 0) is 17.6 Å². The van der Waals surface area contributed by atoms with Crippen molar-refractivity contribution in [2.45, 2.75) is 37.8 Å². The molecule has 0 radical (unpaired) electrons. The molecule has 6 heteroatoms. The first-order valence-corrected chi connectivity index (χ1v) is 12.0. The first-order chi connectivity index (χ1) is 16.6. The highest BCUT2D eigenvalue weighted by molar-refractivity contribution is 6.33. The number of hydrogen-bond acceptors (Lipinski definition) is 2. The van der Waals surface area contributed by atoms with Gasteiger partial charge >= 0.3 is 0 Å². The quantitative estimate of drug-likeness (QED) is 0.354. The van der Waals surface area contributed by atoms with E-state index in [4.69, 9.17) is 11.6 Å². The molecule has 1 heterocycles. The number of nitrogens with one attached hydrogen (secondary N) is 3. The number of hydrogen-bond donors (Lipinski definition) is 3. The van der Waals surface area contributed by atoms with Gasteiger partial charge in [0.2, 0.25) is 5.91 Å². The molecular weight excluding hydrogens is 446 g/mol. The second kappa shape index (κ2) is 9.74. The Morgan fingerprint density at radius 1 is 1.00 bits per heavy atom. The number of amides is 2. The van der Waals surface area contributed by atoms with Crippen molar-refractivity contribution in [1.82, 2.24) is 15.6 Å². The molecule has 4 aromatic rings. The molecule has 0 spiro atoms. The number of carbonyl (C=O) groups is 2. The number of aromatic nitrogens is 1. The smallest absolute Gasteiger partial charge is 0.253 e. The average Bonchev–Trinajstić information content (AvgIpc) is 3.27. The maximum Gasteiger partial charge on any atom is 0.253 e. The summed E-state index contributed by atoms with van der Waals surface area (Å²) in [5.41, 5.74) is 4.75. The molecule has 5 nitrogen and oxygen atoms in total. The van der Waals surface area contributed by atoms with Gasteiger partial charge in [0.25, 0.3) is 5.91 Å². The summed E-state index contributed by atoms with van der Waals surface area (Å²) in [6.07, 6.45) is 5.18. The van der Waals surface area contributed by atoms with Crippen LogP contribution in [0.5, 0.6) is 0 Å². The minimum Gasteiger partial charge on any atom is -0.361 e. The number of fused-ring (bicyclic) bond motifs is 2. The Morgan fingerprint density at radius 3 is 2.65 bits per heavy atom. The van der Waals surface area contributed by atoms with E-state index in [9.17, 15) is 9.59 Å². The van der Waals surface area contributed by atoms with Gasteiger partial charge in [-0.15, -0.1) is 0 Å². The lowest BCUT2D eigenvalue weighted by atomic mass is 9.87. The topological polar surface area (TPSA) is 74.0 Å². The molecule has 172 valence electrons. The Hall–Kier alpha value is -3.57. The summed E-state index contributed by atoms with van der Waals surface area (Å²) in [6.45, 7) is 0. The molecule has 0 saturated heterocycles. The van der Waals surface area contributed by atoms with Crippen LogP contribution in [0, 0.1) is 0 Å². The van der Waals surface area contributed by atoms with Gasteiger partial charge in [-0.3, -0.25) is 9.59 Å². The summed E-state index contributed by atoms with van der Waals surface area (Å²) in [5.74, 6) is -0.568. The molecule has 0 saturated carbocycles. The second-order valence-electron chi connectivity index (χ2n) is 8.72. The third-order valence-electron chi connectivity index (χ3n) is 6.53. The van der Waals surface area contributed by atoms with E-state index < -0.39 is 6.04 Å². The van der Waals surface area contributed by atoms with E-state index in [1.807, 2.05) is 42.6 Å². The van der Waals surface area contributed by atoms with Crippen LogP contribution in [0.2, 0.25) is 5.02 Å². The van der Waals surface area contributed by atoms with E-state index in [0.29, 0.717) is 17.0 Å². The first-order valence-electron chi connectivity index (χ1n) is 11.6. The van der Waals surface area contributed by atoms with Gasteiger partial charge in [0, 0.05) is 23.5 Å². The van der Waals surface area contributed by atoms with Gasteiger partial charge in [-0.1, -0.05) is 66.2 Å². The Bertz CT molecular complexity index is 1350. The van der Waals surface area contributed by atoms with Gasteiger partial charge in [0.1, 0.15) is 6.04 Å². The maximum absolute atomic E-state index is 13.6. The lowest BCUT2D eigenvalue weighted by Crippen LogP contribution is -2.49. The molecule has 0 fully saturated rings. The van der Waals surface area contributed by atoms with Crippen LogP contribution in [0.25, 0.3) is 10.9 Å². The van der Waals surface area contributed by atoms with Crippen LogP contribution < -0.4 is 10.6 Å². The summed E-state index contributed by atoms with van der Waals surface area (Å²) in [5, 5.41) is 7.54. The lowest BCUT2D eigenvalue weighted by Gasteiger charge is -2.28. The summed E-state index contributed by atoms with van der Waals surface area (Å²) in [4.78, 5) is 29.9. The first kappa shape index (κ1) is 22.2. The zero-order valence-corrected chi connectivity index (χ0v) is 19.4. The molecule has 1 aliphatic rings. The molecule has 3 aromatic carbocycles. The minimum atomic E-state index is -0.753. The summed E-state index contributed by atoms with van der Waals surface area (Å²) in [7, 11) is 0. The highest BCUT2D eigenvalue weighted by atomic mass is 35.5. The van der Waals surface area contributed by atoms with E-state index in [2.05, 4.69) is 27.8 Å². The van der Waals surface area contributed by atoms with Crippen LogP contribution >= 0.6 is 11.6 Å². The minimum absolute atomic E-state index is 0.0693. The molecule has 0 aliphatic heterocycles. The van der Waals surface area contributed by atoms with Crippen molar-refractivity contribution in [2.24, 2.45) is 0 Å². The van der Waals surface area contributed by atoms with Crippen molar-refractivity contribution in [3.63, 3.8) is 0 Å². The molecule has 34 heavy (non-hydrogen) atoms. The SMILES string of the molecule is O=C(N[C@@H](Cc1c[nH]c2ccccc12)C(=O)N[C@H]1CCCc2ccccc21)c1ccccc1Cl. The highest BCUT2D eigenvalue weighted by Crippen LogP contribution is 2.29. The zero-order chi connectivity index (χ0) is 23.5. The van der Waals surface area contributed by atoms with Crippen LogP contribution in [0.15, 0.2) is 79.0 Å². The molecule has 0 bridgehead atoms. The predicted molar refractivity (Wildman–Crippen MR) is 135 cm³/mol. The Balaban J connectivity index is 1.42. The fraction of sp³-hybridized carbons (Fsp3) is 0.214. The zero-order valence-electron chi connectivity index (χ0n) is 18.7. The van der Waals surface area contributed by atoms with Crippen LogP contribution in [0.1, 0.15) is 45.9 Å². The number of para-hydroxylation sites is 1. The lowest BCUT2D eigenvalue weighted by molar-refractivity contribution is -0.123. The van der Waals surface area contributed by atoms with Crippen molar-refractivity contribution in [3.8, 4) is 0 Å². The van der Waals surface area contributed by atoms with E-state index in [1.54, 1.807) is 24.3 Å². The third kappa shape index (κ3) is 4.57. The maximum atomic E-state index is 13.6. The van der Waals surface area contributed by atoms with Crippen LogP contribution in [0.4, 0.5) is 0 Å². The van der Waals surface area contributed by atoms with Gasteiger partial charge in [-0.05, 0) is 54.2 Å². The normalized spacial score (nSPS) is 16.0. The third-order valence-corrected chi connectivity index (χ3v) is 6.85. The Morgan fingerprint density at radius 2 is 1.76 bits per heavy atom. The van der Waals surface area contributed by atoms with Crippen LogP contribution in [0.3, 0.4) is 0 Å². The van der Waals surface area contributed by atoms with Gasteiger partial charge in [0.15, 0.2) is 0 Å². The van der Waals surface area contributed by atoms with Gasteiger partial charge in [0.05, 0.1) is 16.6 Å². The van der Waals surface area contributed by atoms with Crippen molar-refractivity contribution >= 4 is 34.3 Å². The highest BCUT2D eigenvalue weighted by Gasteiger charge is 2.28. The number of aryl methyl sites for hydroxylation is 1. The number of halogens is 1. The molecule has 5 rings (SSSR count). The summed E-state index contributed by atoms with van der Waals surface area (Å²) >= 11 is 6.25. The fourth-order valence-corrected chi connectivity index (χ4v) is 5.01. The Kier molecular flexibility index (Phi) is 6.37. The van der Waals surface area contributed by atoms with E-state index in [0.717, 1.165) is 41.3 Å². The number of H-pyrrole nitrogens is 1. The van der Waals surface area contributed by atoms with E-state index >= 15 is 0 Å². The van der Waals surface area contributed by atoms with Gasteiger partial charge in [-0.25, -0.2) is 0 Å². The molecular formula is C28H26ClN3O2. The molecule has 0 unspecified atom stereocenters. The van der Waals surface area contributed by atoms with Crippen molar-refractivity contribution in [3.05, 3.63) is 106 Å². The van der Waals surface area contributed by atoms with Gasteiger partial charge in [-0.2, -0.15) is 0 Å². The van der Waals surface area contributed by atoms with Crippen molar-refractivity contribution < 1.29 is 9.59 Å². The largest absolute Gasteiger partial charge is 0.361 e. The number of benzene rings is 3. The number of rotatable bonds is 6. The summed E-state index contributed by atoms with van der Waals surface area (Å²) in [6, 6.07) is 22.2.